The van der Waals surface area contributed by atoms with Crippen molar-refractivity contribution in [1.82, 2.24) is 4.72 Å². The van der Waals surface area contributed by atoms with Gasteiger partial charge >= 0.3 is 0 Å². The first-order valence-electron chi connectivity index (χ1n) is 7.15. The Morgan fingerprint density at radius 2 is 2.10 bits per heavy atom. The molecule has 1 aromatic carbocycles. The van der Waals surface area contributed by atoms with Gasteiger partial charge in [0, 0.05) is 6.04 Å². The van der Waals surface area contributed by atoms with Gasteiger partial charge in [0.25, 0.3) is 0 Å². The van der Waals surface area contributed by atoms with E-state index < -0.39 is 10.0 Å². The lowest BCUT2D eigenvalue weighted by molar-refractivity contribution is 0.280. The third kappa shape index (κ3) is 3.40. The summed E-state index contributed by atoms with van der Waals surface area (Å²) < 4.78 is 27.8. The van der Waals surface area contributed by atoms with Gasteiger partial charge in [-0.15, -0.1) is 0 Å². The number of aliphatic hydroxyl groups is 1. The molecule has 1 fully saturated rings. The summed E-state index contributed by atoms with van der Waals surface area (Å²) in [6.45, 7) is 3.76. The molecule has 20 heavy (non-hydrogen) atoms. The topological polar surface area (TPSA) is 66.4 Å². The highest BCUT2D eigenvalue weighted by Gasteiger charge is 2.25. The Balaban J connectivity index is 2.22. The zero-order valence-electron chi connectivity index (χ0n) is 12.1. The fourth-order valence-electron chi connectivity index (χ4n) is 2.95. The molecule has 1 aliphatic carbocycles. The van der Waals surface area contributed by atoms with Crippen molar-refractivity contribution < 1.29 is 13.5 Å². The van der Waals surface area contributed by atoms with Crippen LogP contribution in [0.4, 0.5) is 0 Å². The van der Waals surface area contributed by atoms with E-state index in [1.165, 1.54) is 6.42 Å². The van der Waals surface area contributed by atoms with Gasteiger partial charge in [-0.05, 0) is 42.9 Å². The van der Waals surface area contributed by atoms with Gasteiger partial charge in [-0.2, -0.15) is 0 Å². The van der Waals surface area contributed by atoms with Gasteiger partial charge in [0.1, 0.15) is 0 Å². The number of benzene rings is 1. The Kier molecular flexibility index (Phi) is 4.83. The van der Waals surface area contributed by atoms with Crippen molar-refractivity contribution in [3.8, 4) is 0 Å². The summed E-state index contributed by atoms with van der Waals surface area (Å²) in [7, 11) is -3.51. The molecule has 1 aliphatic rings. The lowest BCUT2D eigenvalue weighted by atomic mass is 9.88. The minimum atomic E-state index is -3.51. The quantitative estimate of drug-likeness (QED) is 0.896. The van der Waals surface area contributed by atoms with Crippen LogP contribution in [0.2, 0.25) is 0 Å². The minimum absolute atomic E-state index is 0.0286. The van der Waals surface area contributed by atoms with Crippen LogP contribution in [0.5, 0.6) is 0 Å². The maximum absolute atomic E-state index is 12.5. The molecule has 112 valence electrons. The molecule has 2 atom stereocenters. The van der Waals surface area contributed by atoms with Crippen LogP contribution in [0.3, 0.4) is 0 Å². The van der Waals surface area contributed by atoms with Gasteiger partial charge in [-0.3, -0.25) is 0 Å². The SMILES string of the molecule is Cc1c(CO)cccc1S(=O)(=O)NC1CCCC(C)C1. The summed E-state index contributed by atoms with van der Waals surface area (Å²) in [6.07, 6.45) is 4.06. The molecule has 0 aromatic heterocycles. The predicted octanol–water partition coefficient (Wildman–Crippen LogP) is 2.34. The predicted molar refractivity (Wildman–Crippen MR) is 78.8 cm³/mol. The lowest BCUT2D eigenvalue weighted by Crippen LogP contribution is -2.38. The second-order valence-electron chi connectivity index (χ2n) is 5.79. The van der Waals surface area contributed by atoms with Crippen molar-refractivity contribution in [2.75, 3.05) is 0 Å². The summed E-state index contributed by atoms with van der Waals surface area (Å²) in [4.78, 5) is 0.280. The summed E-state index contributed by atoms with van der Waals surface area (Å²) in [5.74, 6) is 0.571. The number of nitrogens with one attached hydrogen (secondary N) is 1. The number of aliphatic hydroxyl groups excluding tert-OH is 1. The molecule has 0 aliphatic heterocycles. The van der Waals surface area contributed by atoms with Crippen LogP contribution < -0.4 is 4.72 Å². The van der Waals surface area contributed by atoms with Gasteiger partial charge in [0.15, 0.2) is 0 Å². The lowest BCUT2D eigenvalue weighted by Gasteiger charge is -2.27. The van der Waals surface area contributed by atoms with Gasteiger partial charge < -0.3 is 5.11 Å². The Hall–Kier alpha value is -0.910. The maximum Gasteiger partial charge on any atom is 0.241 e. The minimum Gasteiger partial charge on any atom is -0.392 e. The molecule has 0 bridgehead atoms. The molecule has 2 rings (SSSR count). The first kappa shape index (κ1) is 15.5. The van der Waals surface area contributed by atoms with E-state index in [4.69, 9.17) is 0 Å². The third-order valence-electron chi connectivity index (χ3n) is 4.11. The molecule has 0 saturated heterocycles. The van der Waals surface area contributed by atoms with Crippen LogP contribution in [-0.2, 0) is 16.6 Å². The highest BCUT2D eigenvalue weighted by atomic mass is 32.2. The molecule has 4 nitrogen and oxygen atoms in total. The largest absolute Gasteiger partial charge is 0.392 e. The van der Waals surface area contributed by atoms with Crippen molar-refractivity contribution in [1.29, 1.82) is 0 Å². The van der Waals surface area contributed by atoms with E-state index in [0.717, 1.165) is 19.3 Å². The smallest absolute Gasteiger partial charge is 0.241 e. The Morgan fingerprint density at radius 3 is 2.75 bits per heavy atom. The van der Waals surface area contributed by atoms with Crippen LogP contribution in [0.1, 0.15) is 43.7 Å². The van der Waals surface area contributed by atoms with E-state index >= 15 is 0 Å². The van der Waals surface area contributed by atoms with Crippen LogP contribution >= 0.6 is 0 Å². The average Bonchev–Trinajstić information content (AvgIpc) is 2.38. The normalized spacial score (nSPS) is 23.8. The van der Waals surface area contributed by atoms with Crippen molar-refractivity contribution >= 4 is 10.0 Å². The fourth-order valence-corrected chi connectivity index (χ4v) is 4.52. The number of hydrogen-bond acceptors (Lipinski definition) is 3. The first-order chi connectivity index (χ1) is 9.44. The molecular weight excluding hydrogens is 274 g/mol. The average molecular weight is 297 g/mol. The van der Waals surface area contributed by atoms with Crippen LogP contribution in [0, 0.1) is 12.8 Å². The van der Waals surface area contributed by atoms with Gasteiger partial charge in [0.2, 0.25) is 10.0 Å². The molecule has 0 radical (unpaired) electrons. The monoisotopic (exact) mass is 297 g/mol. The molecule has 1 aromatic rings. The standard InChI is InChI=1S/C15H23NO3S/c1-11-5-3-7-14(9-11)16-20(18,19)15-8-4-6-13(10-17)12(15)2/h4,6,8,11,14,16-17H,3,5,7,9-10H2,1-2H3. The van der Waals surface area contributed by atoms with Crippen molar-refractivity contribution in [3.05, 3.63) is 29.3 Å². The molecule has 2 unspecified atom stereocenters. The zero-order valence-corrected chi connectivity index (χ0v) is 12.9. The highest BCUT2D eigenvalue weighted by Crippen LogP contribution is 2.26. The molecule has 0 amide bonds. The molecule has 5 heteroatoms. The maximum atomic E-state index is 12.5. The first-order valence-corrected chi connectivity index (χ1v) is 8.64. The highest BCUT2D eigenvalue weighted by molar-refractivity contribution is 7.89. The van der Waals surface area contributed by atoms with E-state index in [9.17, 15) is 13.5 Å². The summed E-state index contributed by atoms with van der Waals surface area (Å²) >= 11 is 0. The van der Waals surface area contributed by atoms with Gasteiger partial charge in [-0.1, -0.05) is 31.9 Å². The fraction of sp³-hybridized carbons (Fsp3) is 0.600. The molecule has 0 spiro atoms. The third-order valence-corrected chi connectivity index (χ3v) is 5.78. The van der Waals surface area contributed by atoms with Crippen molar-refractivity contribution in [3.63, 3.8) is 0 Å². The van der Waals surface area contributed by atoms with Crippen LogP contribution in [-0.4, -0.2) is 19.6 Å². The Bertz CT molecular complexity index is 568. The van der Waals surface area contributed by atoms with Crippen LogP contribution in [0.15, 0.2) is 23.1 Å². The van der Waals surface area contributed by atoms with Gasteiger partial charge in [-0.25, -0.2) is 13.1 Å². The molecule has 0 heterocycles. The van der Waals surface area contributed by atoms with E-state index in [2.05, 4.69) is 11.6 Å². The van der Waals surface area contributed by atoms with Crippen molar-refractivity contribution in [2.24, 2.45) is 5.92 Å². The van der Waals surface area contributed by atoms with Crippen LogP contribution in [0.25, 0.3) is 0 Å². The summed E-state index contributed by atoms with van der Waals surface area (Å²) in [5.41, 5.74) is 1.29. The number of hydrogen-bond donors (Lipinski definition) is 2. The number of rotatable bonds is 4. The Morgan fingerprint density at radius 1 is 1.35 bits per heavy atom. The summed E-state index contributed by atoms with van der Waals surface area (Å²) in [5, 5.41) is 9.25. The summed E-state index contributed by atoms with van der Waals surface area (Å²) in [6, 6.07) is 5.05. The van der Waals surface area contributed by atoms with E-state index in [0.29, 0.717) is 17.0 Å². The molecule has 2 N–H and O–H groups in total. The molecule has 1 saturated carbocycles. The Labute approximate surface area is 121 Å². The van der Waals surface area contributed by atoms with Gasteiger partial charge in [0.05, 0.1) is 11.5 Å². The second kappa shape index (κ2) is 6.24. The zero-order chi connectivity index (χ0) is 14.8. The van der Waals surface area contributed by atoms with E-state index in [1.54, 1.807) is 25.1 Å². The molecular formula is C15H23NO3S. The van der Waals surface area contributed by atoms with E-state index in [-0.39, 0.29) is 17.5 Å². The van der Waals surface area contributed by atoms with E-state index in [1.807, 2.05) is 0 Å². The second-order valence-corrected chi connectivity index (χ2v) is 7.47. The number of sulfonamides is 1. The van der Waals surface area contributed by atoms with Crippen molar-refractivity contribution in [2.45, 2.75) is 57.1 Å².